The molecule has 2 aliphatic rings. The molecule has 0 saturated heterocycles. The summed E-state index contributed by atoms with van der Waals surface area (Å²) < 4.78 is 6.07. The fraction of sp³-hybridized carbons (Fsp3) is 0.500. The third-order valence-electron chi connectivity index (χ3n) is 3.73. The van der Waals surface area contributed by atoms with Gasteiger partial charge in [0.2, 0.25) is 0 Å². The third kappa shape index (κ3) is 1.79. The van der Waals surface area contributed by atoms with Crippen LogP contribution in [-0.2, 0) is 0 Å². The summed E-state index contributed by atoms with van der Waals surface area (Å²) in [7, 11) is 0. The Kier molecular flexibility index (Phi) is 2.35. The molecule has 0 radical (unpaired) electrons. The quantitative estimate of drug-likeness (QED) is 0.745. The van der Waals surface area contributed by atoms with E-state index in [2.05, 4.69) is 12.2 Å². The molecule has 1 saturated carbocycles. The molecule has 3 rings (SSSR count). The van der Waals surface area contributed by atoms with Crippen molar-refractivity contribution in [2.45, 2.75) is 38.3 Å². The van der Waals surface area contributed by atoms with Gasteiger partial charge in [0, 0.05) is 12.8 Å². The van der Waals surface area contributed by atoms with E-state index < -0.39 is 5.72 Å². The Labute approximate surface area is 101 Å². The lowest BCUT2D eigenvalue weighted by Gasteiger charge is -2.43. The highest BCUT2D eigenvalue weighted by Crippen LogP contribution is 2.38. The first-order chi connectivity index (χ1) is 8.19. The Morgan fingerprint density at radius 1 is 1.41 bits per heavy atom. The molecule has 1 aromatic carbocycles. The molecule has 1 fully saturated rings. The van der Waals surface area contributed by atoms with E-state index >= 15 is 0 Å². The zero-order valence-electron chi connectivity index (χ0n) is 10.0. The van der Waals surface area contributed by atoms with Crippen molar-refractivity contribution in [3.05, 3.63) is 29.8 Å². The number of carbonyl (C=O) groups excluding carboxylic acids is 1. The van der Waals surface area contributed by atoms with Crippen LogP contribution < -0.4 is 10.1 Å². The highest BCUT2D eigenvalue weighted by Gasteiger charge is 2.42. The van der Waals surface area contributed by atoms with Crippen LogP contribution >= 0.6 is 0 Å². The predicted octanol–water partition coefficient (Wildman–Crippen LogP) is 2.72. The summed E-state index contributed by atoms with van der Waals surface area (Å²) in [5.74, 6) is 1.33. The van der Waals surface area contributed by atoms with Crippen LogP contribution in [0.2, 0.25) is 0 Å². The highest BCUT2D eigenvalue weighted by molar-refractivity contribution is 5.98. The van der Waals surface area contributed by atoms with E-state index in [9.17, 15) is 4.79 Å². The summed E-state index contributed by atoms with van der Waals surface area (Å²) >= 11 is 0. The summed E-state index contributed by atoms with van der Waals surface area (Å²) in [6.07, 6.45) is 4.16. The van der Waals surface area contributed by atoms with E-state index in [0.29, 0.717) is 11.5 Å². The smallest absolute Gasteiger partial charge is 0.258 e. The maximum atomic E-state index is 12.1. The Morgan fingerprint density at radius 2 is 2.24 bits per heavy atom. The molecule has 2 unspecified atom stereocenters. The lowest BCUT2D eigenvalue weighted by atomic mass is 9.83. The highest BCUT2D eigenvalue weighted by atomic mass is 16.5. The number of benzene rings is 1. The second kappa shape index (κ2) is 3.76. The van der Waals surface area contributed by atoms with Crippen molar-refractivity contribution in [3.8, 4) is 5.75 Å². The van der Waals surface area contributed by atoms with Gasteiger partial charge in [-0.3, -0.25) is 4.79 Å². The number of para-hydroxylation sites is 1. The second-order valence-electron chi connectivity index (χ2n) is 5.25. The van der Waals surface area contributed by atoms with Crippen LogP contribution in [0.3, 0.4) is 0 Å². The molecule has 1 spiro atoms. The van der Waals surface area contributed by atoms with Gasteiger partial charge < -0.3 is 10.1 Å². The van der Waals surface area contributed by atoms with Crippen molar-refractivity contribution in [3.63, 3.8) is 0 Å². The Morgan fingerprint density at radius 3 is 3.06 bits per heavy atom. The van der Waals surface area contributed by atoms with Crippen LogP contribution in [-0.4, -0.2) is 11.6 Å². The fourth-order valence-electron chi connectivity index (χ4n) is 2.96. The topological polar surface area (TPSA) is 38.3 Å². The molecule has 1 aromatic rings. The predicted molar refractivity (Wildman–Crippen MR) is 64.9 cm³/mol. The standard InChI is InChI=1S/C14H17NO2/c1-10-5-4-8-14(9-10)15-13(16)11-6-2-3-7-12(11)17-14/h2-3,6-7,10H,4-5,8-9H2,1H3,(H,15,16). The van der Waals surface area contributed by atoms with Crippen molar-refractivity contribution >= 4 is 5.91 Å². The normalized spacial score (nSPS) is 31.6. The van der Waals surface area contributed by atoms with Gasteiger partial charge in [0.25, 0.3) is 5.91 Å². The van der Waals surface area contributed by atoms with Crippen molar-refractivity contribution < 1.29 is 9.53 Å². The largest absolute Gasteiger partial charge is 0.467 e. The van der Waals surface area contributed by atoms with Crippen molar-refractivity contribution in [1.82, 2.24) is 5.32 Å². The van der Waals surface area contributed by atoms with E-state index in [1.54, 1.807) is 0 Å². The number of amides is 1. The maximum absolute atomic E-state index is 12.1. The minimum atomic E-state index is -0.455. The van der Waals surface area contributed by atoms with Crippen LogP contribution in [0.25, 0.3) is 0 Å². The molecule has 1 N–H and O–H groups in total. The summed E-state index contributed by atoms with van der Waals surface area (Å²) in [4.78, 5) is 12.1. The Hall–Kier alpha value is -1.51. The zero-order valence-corrected chi connectivity index (χ0v) is 10.0. The first-order valence-electron chi connectivity index (χ1n) is 6.29. The minimum Gasteiger partial charge on any atom is -0.467 e. The first-order valence-corrected chi connectivity index (χ1v) is 6.29. The molecular formula is C14H17NO2. The first kappa shape index (κ1) is 10.6. The number of rotatable bonds is 0. The van der Waals surface area contributed by atoms with Crippen LogP contribution in [0.5, 0.6) is 5.75 Å². The summed E-state index contributed by atoms with van der Waals surface area (Å²) in [5, 5.41) is 3.06. The van der Waals surface area contributed by atoms with Crippen molar-refractivity contribution in [2.24, 2.45) is 5.92 Å². The van der Waals surface area contributed by atoms with E-state index in [0.717, 1.165) is 25.0 Å². The number of nitrogens with one attached hydrogen (secondary N) is 1. The second-order valence-corrected chi connectivity index (χ2v) is 5.25. The monoisotopic (exact) mass is 231 g/mol. The average Bonchev–Trinajstić information content (AvgIpc) is 2.28. The number of ether oxygens (including phenoxy) is 1. The van der Waals surface area contributed by atoms with Gasteiger partial charge in [-0.1, -0.05) is 25.5 Å². The molecule has 1 aliphatic heterocycles. The molecule has 90 valence electrons. The lowest BCUT2D eigenvalue weighted by molar-refractivity contribution is -0.0223. The van der Waals surface area contributed by atoms with Gasteiger partial charge in [-0.15, -0.1) is 0 Å². The van der Waals surface area contributed by atoms with Crippen molar-refractivity contribution in [2.75, 3.05) is 0 Å². The van der Waals surface area contributed by atoms with Gasteiger partial charge in [0.15, 0.2) is 5.72 Å². The van der Waals surface area contributed by atoms with Crippen molar-refractivity contribution in [1.29, 1.82) is 0 Å². The molecule has 1 heterocycles. The van der Waals surface area contributed by atoms with Gasteiger partial charge in [-0.05, 0) is 24.5 Å². The summed E-state index contributed by atoms with van der Waals surface area (Å²) in [6, 6.07) is 7.47. The number of carbonyl (C=O) groups is 1. The molecule has 2 atom stereocenters. The van der Waals surface area contributed by atoms with Gasteiger partial charge >= 0.3 is 0 Å². The van der Waals surface area contributed by atoms with Gasteiger partial charge in [0.1, 0.15) is 5.75 Å². The van der Waals surface area contributed by atoms with Crippen LogP contribution in [0.15, 0.2) is 24.3 Å². The van der Waals surface area contributed by atoms with E-state index in [1.165, 1.54) is 6.42 Å². The minimum absolute atomic E-state index is 0.000880. The van der Waals surface area contributed by atoms with E-state index in [-0.39, 0.29) is 5.91 Å². The Bertz CT molecular complexity index is 457. The van der Waals surface area contributed by atoms with Gasteiger partial charge in [0.05, 0.1) is 5.56 Å². The van der Waals surface area contributed by atoms with Crippen LogP contribution in [0.1, 0.15) is 43.0 Å². The number of hydrogen-bond acceptors (Lipinski definition) is 2. The molecular weight excluding hydrogens is 214 g/mol. The van der Waals surface area contributed by atoms with Gasteiger partial charge in [-0.2, -0.15) is 0 Å². The third-order valence-corrected chi connectivity index (χ3v) is 3.73. The molecule has 0 aromatic heterocycles. The lowest BCUT2D eigenvalue weighted by Crippen LogP contribution is -2.58. The van der Waals surface area contributed by atoms with E-state index in [4.69, 9.17) is 4.74 Å². The molecule has 17 heavy (non-hydrogen) atoms. The number of hydrogen-bond donors (Lipinski definition) is 1. The van der Waals surface area contributed by atoms with Crippen LogP contribution in [0.4, 0.5) is 0 Å². The molecule has 1 aliphatic carbocycles. The molecule has 0 bridgehead atoms. The average molecular weight is 231 g/mol. The maximum Gasteiger partial charge on any atom is 0.258 e. The van der Waals surface area contributed by atoms with E-state index in [1.807, 2.05) is 24.3 Å². The van der Waals surface area contributed by atoms with Crippen LogP contribution in [0, 0.1) is 5.92 Å². The fourth-order valence-corrected chi connectivity index (χ4v) is 2.96. The molecule has 3 nitrogen and oxygen atoms in total. The number of fused-ring (bicyclic) bond motifs is 1. The zero-order chi connectivity index (χ0) is 11.9. The molecule has 1 amide bonds. The van der Waals surface area contributed by atoms with Gasteiger partial charge in [-0.25, -0.2) is 0 Å². The molecule has 3 heteroatoms. The summed E-state index contributed by atoms with van der Waals surface area (Å²) in [5.41, 5.74) is 0.194. The Balaban J connectivity index is 1.95. The summed E-state index contributed by atoms with van der Waals surface area (Å²) in [6.45, 7) is 2.22. The SMILES string of the molecule is CC1CCCC2(C1)NC(=O)c1ccccc1O2.